The molecule has 4 heteroatoms. The molecule has 98 valence electrons. The van der Waals surface area contributed by atoms with Crippen LogP contribution in [0.4, 0.5) is 0 Å². The maximum atomic E-state index is 12.0. The molecule has 0 bridgehead atoms. The molecule has 0 unspecified atom stereocenters. The number of rotatable bonds is 5. The maximum Gasteiger partial charge on any atom is 0.341 e. The smallest absolute Gasteiger partial charge is 0.341 e. The fourth-order valence-electron chi connectivity index (χ4n) is 1.72. The Balaban J connectivity index is 2.27. The summed E-state index contributed by atoms with van der Waals surface area (Å²) < 4.78 is 4.57. The van der Waals surface area contributed by atoms with Crippen molar-refractivity contribution < 1.29 is 19.1 Å². The summed E-state index contributed by atoms with van der Waals surface area (Å²) in [6.45, 7) is 0. The highest BCUT2D eigenvalue weighted by molar-refractivity contribution is 6.23. The molecule has 4 nitrogen and oxygen atoms in total. The van der Waals surface area contributed by atoms with Gasteiger partial charge in [-0.2, -0.15) is 0 Å². The van der Waals surface area contributed by atoms with Crippen molar-refractivity contribution in [3.63, 3.8) is 0 Å². The Morgan fingerprint density at radius 1 is 1.16 bits per heavy atom. The van der Waals surface area contributed by atoms with Crippen molar-refractivity contribution in [1.29, 1.82) is 0 Å². The van der Waals surface area contributed by atoms with Gasteiger partial charge < -0.3 is 4.74 Å². The summed E-state index contributed by atoms with van der Waals surface area (Å²) >= 11 is 0. The van der Waals surface area contributed by atoms with Crippen molar-refractivity contribution in [2.75, 3.05) is 7.11 Å². The first-order valence-corrected chi connectivity index (χ1v) is 6.07. The first-order valence-electron chi connectivity index (χ1n) is 6.07. The van der Waals surface area contributed by atoms with Crippen LogP contribution in [-0.2, 0) is 14.3 Å². The summed E-state index contributed by atoms with van der Waals surface area (Å²) in [5.74, 6) is -1.54. The SMILES string of the molecule is COC(=O)/C(=C/C(=O)c1ccccc1)C(=O)C1CC1. The van der Waals surface area contributed by atoms with Crippen molar-refractivity contribution in [2.45, 2.75) is 12.8 Å². The van der Waals surface area contributed by atoms with Crippen molar-refractivity contribution in [1.82, 2.24) is 0 Å². The van der Waals surface area contributed by atoms with Gasteiger partial charge in [-0.1, -0.05) is 30.3 Å². The largest absolute Gasteiger partial charge is 0.465 e. The van der Waals surface area contributed by atoms with Gasteiger partial charge in [0.1, 0.15) is 5.57 Å². The number of carbonyl (C=O) groups excluding carboxylic acids is 3. The van der Waals surface area contributed by atoms with E-state index >= 15 is 0 Å². The first-order chi connectivity index (χ1) is 9.13. The summed E-state index contributed by atoms with van der Waals surface area (Å²) in [5, 5.41) is 0. The van der Waals surface area contributed by atoms with Crippen LogP contribution in [0.5, 0.6) is 0 Å². The van der Waals surface area contributed by atoms with Crippen molar-refractivity contribution >= 4 is 17.5 Å². The van der Waals surface area contributed by atoms with Crippen LogP contribution in [0.2, 0.25) is 0 Å². The second kappa shape index (κ2) is 5.61. The van der Waals surface area contributed by atoms with Crippen LogP contribution in [0.15, 0.2) is 42.0 Å². The fraction of sp³-hybridized carbons (Fsp3) is 0.267. The second-order valence-corrected chi connectivity index (χ2v) is 4.42. The highest BCUT2D eigenvalue weighted by Crippen LogP contribution is 2.32. The number of allylic oxidation sites excluding steroid dienone is 1. The maximum absolute atomic E-state index is 12.0. The minimum atomic E-state index is -0.749. The average molecular weight is 258 g/mol. The zero-order valence-electron chi connectivity index (χ0n) is 10.6. The molecule has 0 heterocycles. The van der Waals surface area contributed by atoms with E-state index in [4.69, 9.17) is 0 Å². The van der Waals surface area contributed by atoms with Crippen LogP contribution < -0.4 is 0 Å². The molecule has 1 aromatic carbocycles. The zero-order chi connectivity index (χ0) is 13.8. The van der Waals surface area contributed by atoms with Crippen LogP contribution in [-0.4, -0.2) is 24.6 Å². The van der Waals surface area contributed by atoms with Crippen molar-refractivity contribution in [3.05, 3.63) is 47.5 Å². The molecule has 1 aliphatic rings. The molecule has 1 aromatic rings. The van der Waals surface area contributed by atoms with E-state index in [1.54, 1.807) is 30.3 Å². The molecule has 0 aromatic heterocycles. The topological polar surface area (TPSA) is 60.4 Å². The van der Waals surface area contributed by atoms with Gasteiger partial charge >= 0.3 is 5.97 Å². The number of hydrogen-bond acceptors (Lipinski definition) is 4. The summed E-state index contributed by atoms with van der Waals surface area (Å²) in [6, 6.07) is 8.50. The number of esters is 1. The third kappa shape index (κ3) is 3.16. The second-order valence-electron chi connectivity index (χ2n) is 4.42. The molecule has 0 amide bonds. The molecule has 1 fully saturated rings. The predicted molar refractivity (Wildman–Crippen MR) is 68.6 cm³/mol. The van der Waals surface area contributed by atoms with Gasteiger partial charge in [0.2, 0.25) is 0 Å². The lowest BCUT2D eigenvalue weighted by Gasteiger charge is -2.03. The van der Waals surface area contributed by atoms with Crippen LogP contribution in [0.25, 0.3) is 0 Å². The van der Waals surface area contributed by atoms with E-state index in [-0.39, 0.29) is 23.1 Å². The molecular formula is C15H14O4. The summed E-state index contributed by atoms with van der Waals surface area (Å²) in [5.41, 5.74) is 0.284. The number of hydrogen-bond donors (Lipinski definition) is 0. The van der Waals surface area contributed by atoms with Crippen LogP contribution in [0.1, 0.15) is 23.2 Å². The van der Waals surface area contributed by atoms with Crippen LogP contribution in [0, 0.1) is 5.92 Å². The lowest BCUT2D eigenvalue weighted by atomic mass is 10.0. The van der Waals surface area contributed by atoms with Crippen LogP contribution in [0.3, 0.4) is 0 Å². The lowest BCUT2D eigenvalue weighted by molar-refractivity contribution is -0.138. The Morgan fingerprint density at radius 3 is 2.32 bits per heavy atom. The third-order valence-electron chi connectivity index (χ3n) is 2.95. The Kier molecular flexibility index (Phi) is 3.90. The average Bonchev–Trinajstić information content (AvgIpc) is 3.28. The standard InChI is InChI=1S/C15H14O4/c1-19-15(18)12(14(17)11-7-8-11)9-13(16)10-5-3-2-4-6-10/h2-6,9,11H,7-8H2,1H3/b12-9+. The Hall–Kier alpha value is -2.23. The number of Topliss-reactive ketones (excluding diaryl/α,β-unsaturated/α-hetero) is 1. The monoisotopic (exact) mass is 258 g/mol. The number of ketones is 2. The van der Waals surface area contributed by atoms with E-state index in [2.05, 4.69) is 4.74 Å². The molecule has 0 saturated heterocycles. The van der Waals surface area contributed by atoms with Gasteiger partial charge in [-0.05, 0) is 12.8 Å². The van der Waals surface area contributed by atoms with Gasteiger partial charge in [-0.3, -0.25) is 9.59 Å². The molecule has 1 saturated carbocycles. The molecule has 0 radical (unpaired) electrons. The lowest BCUT2D eigenvalue weighted by Crippen LogP contribution is -2.17. The molecule has 1 aliphatic carbocycles. The molecule has 2 rings (SSSR count). The van der Waals surface area contributed by atoms with Gasteiger partial charge in [0.15, 0.2) is 11.6 Å². The van der Waals surface area contributed by atoms with E-state index in [0.29, 0.717) is 5.56 Å². The van der Waals surface area contributed by atoms with Crippen LogP contribution >= 0.6 is 0 Å². The number of methoxy groups -OCH3 is 1. The van der Waals surface area contributed by atoms with Crippen molar-refractivity contribution in [2.24, 2.45) is 5.92 Å². The van der Waals surface area contributed by atoms with E-state index < -0.39 is 5.97 Å². The normalized spacial score (nSPS) is 14.9. The molecule has 0 spiro atoms. The Bertz CT molecular complexity index is 539. The van der Waals surface area contributed by atoms with E-state index in [9.17, 15) is 14.4 Å². The van der Waals surface area contributed by atoms with Gasteiger partial charge in [-0.15, -0.1) is 0 Å². The third-order valence-corrected chi connectivity index (χ3v) is 2.95. The Labute approximate surface area is 111 Å². The van der Waals surface area contributed by atoms with Gasteiger partial charge in [0, 0.05) is 17.6 Å². The van der Waals surface area contributed by atoms with E-state index in [0.717, 1.165) is 18.9 Å². The summed E-state index contributed by atoms with van der Waals surface area (Å²) in [6.07, 6.45) is 2.63. The number of ether oxygens (including phenoxy) is 1. The van der Waals surface area contributed by atoms with Crippen molar-refractivity contribution in [3.8, 4) is 0 Å². The van der Waals surface area contributed by atoms with E-state index in [1.807, 2.05) is 0 Å². The molecule has 0 aliphatic heterocycles. The van der Waals surface area contributed by atoms with E-state index in [1.165, 1.54) is 7.11 Å². The minimum absolute atomic E-state index is 0.131. The van der Waals surface area contributed by atoms with Gasteiger partial charge in [0.25, 0.3) is 0 Å². The molecule has 0 N–H and O–H groups in total. The summed E-state index contributed by atoms with van der Waals surface area (Å²) in [4.78, 5) is 35.5. The molecule has 19 heavy (non-hydrogen) atoms. The predicted octanol–water partition coefficient (Wildman–Crippen LogP) is 1.95. The number of carbonyl (C=O) groups is 3. The highest BCUT2D eigenvalue weighted by atomic mass is 16.5. The first kappa shape index (κ1) is 13.2. The highest BCUT2D eigenvalue weighted by Gasteiger charge is 2.35. The summed E-state index contributed by atoms with van der Waals surface area (Å²) in [7, 11) is 1.20. The fourth-order valence-corrected chi connectivity index (χ4v) is 1.72. The minimum Gasteiger partial charge on any atom is -0.465 e. The quantitative estimate of drug-likeness (QED) is 0.266. The zero-order valence-corrected chi connectivity index (χ0v) is 10.6. The molecule has 0 atom stereocenters. The van der Waals surface area contributed by atoms with Gasteiger partial charge in [0.05, 0.1) is 7.11 Å². The number of benzene rings is 1. The van der Waals surface area contributed by atoms with Gasteiger partial charge in [-0.25, -0.2) is 4.79 Å². The Morgan fingerprint density at radius 2 is 1.79 bits per heavy atom. The molecular weight excluding hydrogens is 244 g/mol.